The van der Waals surface area contributed by atoms with Gasteiger partial charge in [-0.05, 0) is 6.07 Å². The third-order valence-corrected chi connectivity index (χ3v) is 2.38. The van der Waals surface area contributed by atoms with Crippen LogP contribution in [0.15, 0.2) is 12.4 Å². The van der Waals surface area contributed by atoms with Gasteiger partial charge >= 0.3 is 0 Å². The molecule has 0 aromatic carbocycles. The minimum absolute atomic E-state index is 0.577. The van der Waals surface area contributed by atoms with Crippen LogP contribution in [0.1, 0.15) is 0 Å². The van der Waals surface area contributed by atoms with Gasteiger partial charge in [0.1, 0.15) is 11.2 Å². The highest BCUT2D eigenvalue weighted by Crippen LogP contribution is 2.30. The van der Waals surface area contributed by atoms with Crippen molar-refractivity contribution in [2.24, 2.45) is 0 Å². The van der Waals surface area contributed by atoms with E-state index < -0.39 is 0 Å². The number of nitrogens with two attached hydrogens (primary N) is 1. The predicted octanol–water partition coefficient (Wildman–Crippen LogP) is 1.28. The summed E-state index contributed by atoms with van der Waals surface area (Å²) < 4.78 is 5.04. The molecule has 0 radical (unpaired) electrons. The lowest BCUT2D eigenvalue weighted by Gasteiger charge is -1.96. The third-order valence-electron chi connectivity index (χ3n) is 1.51. The molecule has 2 aromatic rings. The molecule has 0 aliphatic rings. The first-order valence-electron chi connectivity index (χ1n) is 3.35. The molecule has 0 unspecified atom stereocenters. The van der Waals surface area contributed by atoms with Gasteiger partial charge in [0.15, 0.2) is 0 Å². The third kappa shape index (κ3) is 0.984. The van der Waals surface area contributed by atoms with Crippen molar-refractivity contribution in [2.45, 2.75) is 0 Å². The van der Waals surface area contributed by atoms with E-state index in [1.807, 2.05) is 6.07 Å². The standard InChI is InChI=1S/C7H7N3OS/c1-11-6-4-2-5(8)12-7(4)10-3-9-6/h2-3H,8H2,1H3. The Morgan fingerprint density at radius 2 is 2.33 bits per heavy atom. The van der Waals surface area contributed by atoms with E-state index >= 15 is 0 Å². The van der Waals surface area contributed by atoms with E-state index in [2.05, 4.69) is 9.97 Å². The average molecular weight is 181 g/mol. The maximum absolute atomic E-state index is 5.61. The highest BCUT2D eigenvalue weighted by atomic mass is 32.1. The van der Waals surface area contributed by atoms with Crippen LogP contribution in [0.4, 0.5) is 5.00 Å². The Hall–Kier alpha value is -1.36. The number of rotatable bonds is 1. The second-order valence-corrected chi connectivity index (χ2v) is 3.31. The van der Waals surface area contributed by atoms with Crippen molar-refractivity contribution in [3.8, 4) is 5.88 Å². The zero-order valence-corrected chi connectivity index (χ0v) is 7.26. The van der Waals surface area contributed by atoms with Gasteiger partial charge in [-0.25, -0.2) is 9.97 Å². The summed E-state index contributed by atoms with van der Waals surface area (Å²) in [6.07, 6.45) is 1.47. The van der Waals surface area contributed by atoms with Gasteiger partial charge in [0, 0.05) is 0 Å². The van der Waals surface area contributed by atoms with Gasteiger partial charge in [-0.3, -0.25) is 0 Å². The summed E-state index contributed by atoms with van der Waals surface area (Å²) in [6.45, 7) is 0. The minimum atomic E-state index is 0.577. The molecule has 0 saturated carbocycles. The van der Waals surface area contributed by atoms with Crippen molar-refractivity contribution in [3.63, 3.8) is 0 Å². The van der Waals surface area contributed by atoms with Gasteiger partial charge in [0.05, 0.1) is 17.5 Å². The van der Waals surface area contributed by atoms with Gasteiger partial charge in [0.25, 0.3) is 0 Å². The molecule has 12 heavy (non-hydrogen) atoms. The number of ether oxygens (including phenoxy) is 1. The fourth-order valence-corrected chi connectivity index (χ4v) is 1.77. The van der Waals surface area contributed by atoms with Crippen LogP contribution in [0.2, 0.25) is 0 Å². The maximum Gasteiger partial charge on any atom is 0.225 e. The van der Waals surface area contributed by atoms with Crippen molar-refractivity contribution >= 4 is 26.6 Å². The maximum atomic E-state index is 5.61. The zero-order valence-electron chi connectivity index (χ0n) is 6.44. The Morgan fingerprint density at radius 1 is 1.50 bits per heavy atom. The van der Waals surface area contributed by atoms with E-state index in [4.69, 9.17) is 10.5 Å². The molecule has 5 heteroatoms. The lowest BCUT2D eigenvalue weighted by molar-refractivity contribution is 0.403. The molecule has 62 valence electrons. The normalized spacial score (nSPS) is 10.4. The van der Waals surface area contributed by atoms with E-state index in [0.717, 1.165) is 15.2 Å². The lowest BCUT2D eigenvalue weighted by Crippen LogP contribution is -1.87. The molecule has 2 aromatic heterocycles. The van der Waals surface area contributed by atoms with Crippen LogP contribution in [0.5, 0.6) is 5.88 Å². The first-order valence-corrected chi connectivity index (χ1v) is 4.17. The number of methoxy groups -OCH3 is 1. The number of hydrogen-bond donors (Lipinski definition) is 1. The van der Waals surface area contributed by atoms with Crippen molar-refractivity contribution < 1.29 is 4.74 Å². The summed E-state index contributed by atoms with van der Waals surface area (Å²) in [5, 5.41) is 1.60. The Morgan fingerprint density at radius 3 is 3.08 bits per heavy atom. The molecule has 2 N–H and O–H groups in total. The lowest BCUT2D eigenvalue weighted by atomic mass is 10.4. The fraction of sp³-hybridized carbons (Fsp3) is 0.143. The van der Waals surface area contributed by atoms with Crippen molar-refractivity contribution in [2.75, 3.05) is 12.8 Å². The smallest absolute Gasteiger partial charge is 0.225 e. The van der Waals surface area contributed by atoms with Crippen LogP contribution in [0.3, 0.4) is 0 Å². The van der Waals surface area contributed by atoms with Crippen LogP contribution >= 0.6 is 11.3 Å². The molecule has 0 aliphatic heterocycles. The number of anilines is 1. The van der Waals surface area contributed by atoms with Crippen LogP contribution in [-0.4, -0.2) is 17.1 Å². The number of hydrogen-bond acceptors (Lipinski definition) is 5. The van der Waals surface area contributed by atoms with Gasteiger partial charge in [-0.15, -0.1) is 0 Å². The van der Waals surface area contributed by atoms with E-state index in [1.54, 1.807) is 7.11 Å². The summed E-state index contributed by atoms with van der Waals surface area (Å²) in [4.78, 5) is 8.88. The van der Waals surface area contributed by atoms with Crippen molar-refractivity contribution in [3.05, 3.63) is 12.4 Å². The molecule has 0 aliphatic carbocycles. The SMILES string of the molecule is COc1ncnc2sc(N)cc12. The number of fused-ring (bicyclic) bond motifs is 1. The van der Waals surface area contributed by atoms with E-state index in [-0.39, 0.29) is 0 Å². The van der Waals surface area contributed by atoms with E-state index in [9.17, 15) is 0 Å². The topological polar surface area (TPSA) is 61.0 Å². The second-order valence-electron chi connectivity index (χ2n) is 2.25. The van der Waals surface area contributed by atoms with E-state index in [1.165, 1.54) is 17.7 Å². The highest BCUT2D eigenvalue weighted by molar-refractivity contribution is 7.22. The molecule has 0 amide bonds. The Kier molecular flexibility index (Phi) is 1.58. The van der Waals surface area contributed by atoms with Crippen molar-refractivity contribution in [1.29, 1.82) is 0 Å². The van der Waals surface area contributed by atoms with Gasteiger partial charge in [0.2, 0.25) is 5.88 Å². The summed E-state index contributed by atoms with van der Waals surface area (Å²) in [6, 6.07) is 1.82. The monoisotopic (exact) mass is 181 g/mol. The summed E-state index contributed by atoms with van der Waals surface area (Å²) in [5.74, 6) is 0.577. The van der Waals surface area contributed by atoms with Crippen LogP contribution in [0.25, 0.3) is 10.2 Å². The highest BCUT2D eigenvalue weighted by Gasteiger charge is 2.06. The molecular weight excluding hydrogens is 174 g/mol. The minimum Gasteiger partial charge on any atom is -0.480 e. The molecule has 0 saturated heterocycles. The first-order chi connectivity index (χ1) is 5.81. The summed E-state index contributed by atoms with van der Waals surface area (Å²) >= 11 is 1.43. The Labute approximate surface area is 73.0 Å². The van der Waals surface area contributed by atoms with Crippen LogP contribution in [-0.2, 0) is 0 Å². The largest absolute Gasteiger partial charge is 0.480 e. The number of thiophene rings is 1. The number of aromatic nitrogens is 2. The zero-order chi connectivity index (χ0) is 8.55. The Balaban J connectivity index is 2.78. The molecule has 0 atom stereocenters. The van der Waals surface area contributed by atoms with Gasteiger partial charge in [-0.1, -0.05) is 11.3 Å². The van der Waals surface area contributed by atoms with Gasteiger partial charge < -0.3 is 10.5 Å². The molecule has 2 heterocycles. The first kappa shape index (κ1) is 7.30. The average Bonchev–Trinajstić information content (AvgIpc) is 2.44. The van der Waals surface area contributed by atoms with Crippen LogP contribution < -0.4 is 10.5 Å². The van der Waals surface area contributed by atoms with Crippen LogP contribution in [0, 0.1) is 0 Å². The quantitative estimate of drug-likeness (QED) is 0.720. The fourth-order valence-electron chi connectivity index (χ4n) is 1.02. The van der Waals surface area contributed by atoms with Gasteiger partial charge in [-0.2, -0.15) is 0 Å². The number of nitrogen functional groups attached to an aromatic ring is 1. The van der Waals surface area contributed by atoms with E-state index in [0.29, 0.717) is 5.88 Å². The molecule has 0 bridgehead atoms. The Bertz CT molecular complexity index is 412. The molecular formula is C7H7N3OS. The van der Waals surface area contributed by atoms with Crippen molar-refractivity contribution in [1.82, 2.24) is 9.97 Å². The summed E-state index contributed by atoms with van der Waals surface area (Å²) in [5.41, 5.74) is 5.61. The number of nitrogens with zero attached hydrogens (tertiary/aromatic N) is 2. The molecule has 2 rings (SSSR count). The predicted molar refractivity (Wildman–Crippen MR) is 48.4 cm³/mol. The second kappa shape index (κ2) is 2.60. The molecule has 4 nitrogen and oxygen atoms in total. The summed E-state index contributed by atoms with van der Waals surface area (Å²) in [7, 11) is 1.58. The molecule has 0 spiro atoms. The molecule has 0 fully saturated rings.